The molecule has 0 aliphatic carbocycles. The number of carbonyl (C=O) groups excluding carboxylic acids is 2. The number of aromatic nitrogens is 2. The van der Waals surface area contributed by atoms with Crippen LogP contribution in [0.5, 0.6) is 0 Å². The van der Waals surface area contributed by atoms with Crippen LogP contribution in [0.15, 0.2) is 6.07 Å². The first-order valence-electron chi connectivity index (χ1n) is 6.48. The largest absolute Gasteiger partial charge is 0.389 e. The van der Waals surface area contributed by atoms with Gasteiger partial charge in [-0.05, 0) is 19.8 Å². The van der Waals surface area contributed by atoms with Gasteiger partial charge in [-0.2, -0.15) is 5.10 Å². The number of rotatable bonds is 6. The highest BCUT2D eigenvalue weighted by Crippen LogP contribution is 2.08. The molecule has 0 unspecified atom stereocenters. The standard InChI is InChI=1S/C13H22N4O3/c1-8(2)6-17-10(5-9(16-17)11(14)18)12(19)15-7-13(3,4)20/h5,8,20H,6-7H2,1-4H3,(H2,14,18)(H,15,19). The molecule has 0 atom stereocenters. The topological polar surface area (TPSA) is 110 Å². The number of amides is 2. The molecule has 0 aromatic carbocycles. The number of nitrogens with one attached hydrogen (secondary N) is 1. The maximum Gasteiger partial charge on any atom is 0.269 e. The third kappa shape index (κ3) is 4.65. The van der Waals surface area contributed by atoms with Crippen molar-refractivity contribution in [3.05, 3.63) is 17.5 Å². The van der Waals surface area contributed by atoms with E-state index in [1.165, 1.54) is 10.7 Å². The van der Waals surface area contributed by atoms with E-state index in [0.717, 1.165) is 0 Å². The van der Waals surface area contributed by atoms with Gasteiger partial charge in [0.1, 0.15) is 5.69 Å². The van der Waals surface area contributed by atoms with Gasteiger partial charge in [0.15, 0.2) is 5.69 Å². The summed E-state index contributed by atoms with van der Waals surface area (Å²) in [6.07, 6.45) is 0. The Labute approximate surface area is 118 Å². The molecular formula is C13H22N4O3. The number of aliphatic hydroxyl groups is 1. The Hall–Kier alpha value is -1.89. The van der Waals surface area contributed by atoms with Gasteiger partial charge in [0.25, 0.3) is 11.8 Å². The van der Waals surface area contributed by atoms with Gasteiger partial charge >= 0.3 is 0 Å². The highest BCUT2D eigenvalue weighted by molar-refractivity contribution is 5.97. The van der Waals surface area contributed by atoms with Gasteiger partial charge in [-0.3, -0.25) is 14.3 Å². The van der Waals surface area contributed by atoms with Crippen molar-refractivity contribution in [1.29, 1.82) is 0 Å². The molecule has 7 nitrogen and oxygen atoms in total. The minimum atomic E-state index is -1.01. The summed E-state index contributed by atoms with van der Waals surface area (Å²) in [4.78, 5) is 23.3. The van der Waals surface area contributed by atoms with Crippen LogP contribution in [0.25, 0.3) is 0 Å². The monoisotopic (exact) mass is 282 g/mol. The molecular weight excluding hydrogens is 260 g/mol. The van der Waals surface area contributed by atoms with E-state index in [1.807, 2.05) is 13.8 Å². The minimum Gasteiger partial charge on any atom is -0.389 e. The van der Waals surface area contributed by atoms with E-state index in [4.69, 9.17) is 5.73 Å². The Morgan fingerprint density at radius 1 is 1.50 bits per heavy atom. The third-order valence-corrected chi connectivity index (χ3v) is 2.48. The van der Waals surface area contributed by atoms with Crippen molar-refractivity contribution in [2.75, 3.05) is 6.54 Å². The summed E-state index contributed by atoms with van der Waals surface area (Å²) in [5.41, 5.74) is 4.49. The van der Waals surface area contributed by atoms with Gasteiger partial charge in [0.2, 0.25) is 0 Å². The van der Waals surface area contributed by atoms with Gasteiger partial charge in [0.05, 0.1) is 5.60 Å². The molecule has 1 rings (SSSR count). The second-order valence-corrected chi connectivity index (χ2v) is 5.85. The van der Waals surface area contributed by atoms with E-state index in [2.05, 4.69) is 10.4 Å². The van der Waals surface area contributed by atoms with Crippen molar-refractivity contribution in [2.45, 2.75) is 39.8 Å². The van der Waals surface area contributed by atoms with E-state index in [1.54, 1.807) is 13.8 Å². The van der Waals surface area contributed by atoms with Crippen LogP contribution < -0.4 is 11.1 Å². The SMILES string of the molecule is CC(C)Cn1nc(C(N)=O)cc1C(=O)NCC(C)(C)O. The first-order valence-corrected chi connectivity index (χ1v) is 6.48. The van der Waals surface area contributed by atoms with Crippen molar-refractivity contribution in [3.8, 4) is 0 Å². The fourth-order valence-electron chi connectivity index (χ4n) is 1.59. The number of primary amides is 1. The molecule has 1 aromatic rings. The van der Waals surface area contributed by atoms with E-state index in [0.29, 0.717) is 6.54 Å². The number of nitrogens with zero attached hydrogens (tertiary/aromatic N) is 2. The fraction of sp³-hybridized carbons (Fsp3) is 0.615. The number of carbonyl (C=O) groups is 2. The van der Waals surface area contributed by atoms with Crippen LogP contribution in [-0.2, 0) is 6.54 Å². The number of hydrogen-bond acceptors (Lipinski definition) is 4. The summed E-state index contributed by atoms with van der Waals surface area (Å²) in [6.45, 7) is 7.73. The fourth-order valence-corrected chi connectivity index (χ4v) is 1.59. The molecule has 0 spiro atoms. The lowest BCUT2D eigenvalue weighted by Gasteiger charge is -2.18. The van der Waals surface area contributed by atoms with Crippen LogP contribution in [0.3, 0.4) is 0 Å². The average Bonchev–Trinajstić information content (AvgIpc) is 2.68. The van der Waals surface area contributed by atoms with Crippen LogP contribution >= 0.6 is 0 Å². The lowest BCUT2D eigenvalue weighted by Crippen LogP contribution is -2.39. The van der Waals surface area contributed by atoms with Gasteiger partial charge < -0.3 is 16.2 Å². The van der Waals surface area contributed by atoms with Crippen molar-refractivity contribution < 1.29 is 14.7 Å². The van der Waals surface area contributed by atoms with E-state index in [9.17, 15) is 14.7 Å². The van der Waals surface area contributed by atoms with E-state index >= 15 is 0 Å². The summed E-state index contributed by atoms with van der Waals surface area (Å²) in [5, 5.41) is 16.2. The van der Waals surface area contributed by atoms with Crippen molar-refractivity contribution in [2.24, 2.45) is 11.7 Å². The highest BCUT2D eigenvalue weighted by atomic mass is 16.3. The molecule has 0 bridgehead atoms. The lowest BCUT2D eigenvalue weighted by molar-refractivity contribution is 0.0688. The minimum absolute atomic E-state index is 0.0547. The molecule has 0 saturated carbocycles. The number of hydrogen-bond donors (Lipinski definition) is 3. The zero-order valence-electron chi connectivity index (χ0n) is 12.3. The zero-order valence-corrected chi connectivity index (χ0v) is 12.3. The van der Waals surface area contributed by atoms with Gasteiger partial charge in [-0.15, -0.1) is 0 Å². The molecule has 112 valence electrons. The Morgan fingerprint density at radius 2 is 2.10 bits per heavy atom. The second-order valence-electron chi connectivity index (χ2n) is 5.85. The van der Waals surface area contributed by atoms with Crippen LogP contribution in [0, 0.1) is 5.92 Å². The maximum atomic E-state index is 12.1. The summed E-state index contributed by atoms with van der Waals surface area (Å²) in [5.74, 6) is -0.812. The Kier molecular flexibility index (Phi) is 4.88. The molecule has 0 aliphatic rings. The molecule has 0 aliphatic heterocycles. The lowest BCUT2D eigenvalue weighted by atomic mass is 10.1. The smallest absolute Gasteiger partial charge is 0.269 e. The summed E-state index contributed by atoms with van der Waals surface area (Å²) < 4.78 is 1.46. The quantitative estimate of drug-likeness (QED) is 0.689. The highest BCUT2D eigenvalue weighted by Gasteiger charge is 2.20. The summed E-state index contributed by atoms with van der Waals surface area (Å²) >= 11 is 0. The van der Waals surface area contributed by atoms with Crippen molar-refractivity contribution >= 4 is 11.8 Å². The van der Waals surface area contributed by atoms with Gasteiger partial charge in [-0.25, -0.2) is 0 Å². The molecule has 7 heteroatoms. The molecule has 4 N–H and O–H groups in total. The number of nitrogens with two attached hydrogens (primary N) is 1. The Morgan fingerprint density at radius 3 is 2.55 bits per heavy atom. The van der Waals surface area contributed by atoms with Crippen LogP contribution in [0.2, 0.25) is 0 Å². The Bertz CT molecular complexity index is 500. The zero-order chi connectivity index (χ0) is 15.5. The predicted molar refractivity (Wildman–Crippen MR) is 74.2 cm³/mol. The van der Waals surface area contributed by atoms with Crippen LogP contribution in [0.1, 0.15) is 48.7 Å². The van der Waals surface area contributed by atoms with E-state index < -0.39 is 17.4 Å². The Balaban J connectivity index is 2.96. The molecule has 1 heterocycles. The maximum absolute atomic E-state index is 12.1. The van der Waals surface area contributed by atoms with Crippen molar-refractivity contribution in [1.82, 2.24) is 15.1 Å². The van der Waals surface area contributed by atoms with Gasteiger partial charge in [-0.1, -0.05) is 13.8 Å². The molecule has 0 fully saturated rings. The van der Waals surface area contributed by atoms with Crippen LogP contribution in [-0.4, -0.2) is 38.8 Å². The second kappa shape index (κ2) is 6.04. The normalized spacial score (nSPS) is 11.7. The van der Waals surface area contributed by atoms with Crippen LogP contribution in [0.4, 0.5) is 0 Å². The molecule has 1 aromatic heterocycles. The first-order chi connectivity index (χ1) is 9.10. The summed E-state index contributed by atoms with van der Waals surface area (Å²) in [6, 6.07) is 1.37. The molecule has 20 heavy (non-hydrogen) atoms. The average molecular weight is 282 g/mol. The molecule has 0 saturated heterocycles. The van der Waals surface area contributed by atoms with E-state index in [-0.39, 0.29) is 23.9 Å². The molecule has 0 radical (unpaired) electrons. The summed E-state index contributed by atoms with van der Waals surface area (Å²) in [7, 11) is 0. The van der Waals surface area contributed by atoms with Crippen molar-refractivity contribution in [3.63, 3.8) is 0 Å². The molecule has 2 amide bonds. The van der Waals surface area contributed by atoms with Gasteiger partial charge in [0, 0.05) is 19.2 Å². The predicted octanol–water partition coefficient (Wildman–Crippen LogP) is 0.139. The first kappa shape index (κ1) is 16.2. The third-order valence-electron chi connectivity index (χ3n) is 2.48.